The van der Waals surface area contributed by atoms with Gasteiger partial charge in [-0.3, -0.25) is 0 Å². The third-order valence-corrected chi connectivity index (χ3v) is 9.29. The Kier molecular flexibility index (Phi) is 8.44. The fourth-order valence-electron chi connectivity index (χ4n) is 6.91. The van der Waals surface area contributed by atoms with Gasteiger partial charge in [-0.1, -0.05) is 24.5 Å². The van der Waals surface area contributed by atoms with Crippen molar-refractivity contribution in [3.63, 3.8) is 0 Å². The maximum absolute atomic E-state index is 12.7. The molecule has 1 aliphatic carbocycles. The van der Waals surface area contributed by atoms with Gasteiger partial charge in [0.25, 0.3) is 0 Å². The quantitative estimate of drug-likeness (QED) is 0.435. The number of aryl methyl sites for hydroxylation is 1. The molecule has 12 nitrogen and oxygen atoms in total. The number of rotatable bonds is 3. The van der Waals surface area contributed by atoms with Crippen molar-refractivity contribution in [2.24, 2.45) is 0 Å². The monoisotopic (exact) mass is 609 g/mol. The van der Waals surface area contributed by atoms with Crippen molar-refractivity contribution in [1.29, 1.82) is 0 Å². The first-order valence-corrected chi connectivity index (χ1v) is 16.2. The summed E-state index contributed by atoms with van der Waals surface area (Å²) < 4.78 is 22.9. The number of ether oxygens (including phenoxy) is 3. The maximum atomic E-state index is 12.7. The van der Waals surface area contributed by atoms with Gasteiger partial charge in [0.2, 0.25) is 0 Å². The van der Waals surface area contributed by atoms with Crippen LogP contribution in [0.25, 0.3) is 5.65 Å². The first-order chi connectivity index (χ1) is 21.0. The second-order valence-electron chi connectivity index (χ2n) is 14.0. The van der Waals surface area contributed by atoms with Crippen LogP contribution in [0.4, 0.5) is 5.82 Å². The number of piperidine rings is 1. The summed E-state index contributed by atoms with van der Waals surface area (Å²) >= 11 is 0. The average molecular weight is 610 g/mol. The Bertz CT molecular complexity index is 1480. The summed E-state index contributed by atoms with van der Waals surface area (Å²) in [7, 11) is 0. The van der Waals surface area contributed by atoms with Crippen molar-refractivity contribution in [1.82, 2.24) is 29.6 Å². The number of hydrogen-bond acceptors (Lipinski definition) is 9. The van der Waals surface area contributed by atoms with Gasteiger partial charge in [0, 0.05) is 38.1 Å². The molecule has 6 heterocycles. The maximum Gasteiger partial charge on any atom is 0.337 e. The van der Waals surface area contributed by atoms with Gasteiger partial charge in [-0.25, -0.2) is 14.5 Å². The van der Waals surface area contributed by atoms with E-state index in [-0.39, 0.29) is 5.60 Å². The Morgan fingerprint density at radius 2 is 1.75 bits per heavy atom. The molecule has 44 heavy (non-hydrogen) atoms. The highest BCUT2D eigenvalue weighted by Gasteiger charge is 2.39. The highest BCUT2D eigenvalue weighted by Crippen LogP contribution is 2.41. The fraction of sp³-hybridized carbons (Fsp3) is 0.719. The number of fused-ring (bicyclic) bond motifs is 7. The summed E-state index contributed by atoms with van der Waals surface area (Å²) in [4.78, 5) is 19.8. The summed E-state index contributed by atoms with van der Waals surface area (Å²) in [5, 5.41) is 24.5. The van der Waals surface area contributed by atoms with Gasteiger partial charge in [0.05, 0.1) is 35.2 Å². The summed E-state index contributed by atoms with van der Waals surface area (Å²) in [5.74, 6) is -0.341. The minimum Gasteiger partial charge on any atom is -0.479 e. The zero-order chi connectivity index (χ0) is 31.1. The molecule has 7 rings (SSSR count). The first kappa shape index (κ1) is 30.9. The van der Waals surface area contributed by atoms with Crippen LogP contribution < -0.4 is 4.90 Å². The van der Waals surface area contributed by atoms with Crippen LogP contribution in [0.2, 0.25) is 0 Å². The van der Waals surface area contributed by atoms with E-state index in [2.05, 4.69) is 22.1 Å². The Morgan fingerprint density at radius 1 is 1.05 bits per heavy atom. The van der Waals surface area contributed by atoms with E-state index in [9.17, 15) is 9.90 Å². The van der Waals surface area contributed by atoms with E-state index in [1.54, 1.807) is 4.52 Å². The molecule has 4 aliphatic rings. The van der Waals surface area contributed by atoms with Gasteiger partial charge < -0.3 is 24.2 Å². The van der Waals surface area contributed by atoms with Crippen LogP contribution in [-0.4, -0.2) is 78.2 Å². The molecule has 1 saturated heterocycles. The molecule has 0 amide bonds. The number of aliphatic carboxylic acids is 1. The van der Waals surface area contributed by atoms with Crippen molar-refractivity contribution in [3.05, 3.63) is 34.9 Å². The van der Waals surface area contributed by atoms with Gasteiger partial charge in [0.15, 0.2) is 11.8 Å². The average Bonchev–Trinajstić information content (AvgIpc) is 3.60. The lowest BCUT2D eigenvalue weighted by Crippen LogP contribution is -2.46. The molecule has 0 unspecified atom stereocenters. The smallest absolute Gasteiger partial charge is 0.337 e. The topological polar surface area (TPSA) is 129 Å². The van der Waals surface area contributed by atoms with Gasteiger partial charge in [-0.15, -0.1) is 5.10 Å². The minimum atomic E-state index is -1.20. The fourth-order valence-corrected chi connectivity index (χ4v) is 6.91. The number of carbonyl (C=O) groups is 1. The van der Waals surface area contributed by atoms with Crippen molar-refractivity contribution in [2.75, 3.05) is 31.2 Å². The SMILES string of the molecule is Cc1nc2cc3nn2c(c1[C@H](OC(C)(C)C)C(=O)O)N1CCC(C)(CC1)OCCCCOC1(CCCCC1)c1cn(nn1)C3. The predicted molar refractivity (Wildman–Crippen MR) is 164 cm³/mol. The Hall–Kier alpha value is -3.09. The third-order valence-electron chi connectivity index (χ3n) is 9.29. The number of carboxylic acid groups (broad SMARTS) is 1. The highest BCUT2D eigenvalue weighted by atomic mass is 16.5. The molecule has 240 valence electrons. The lowest BCUT2D eigenvalue weighted by Gasteiger charge is -2.41. The molecular weight excluding hydrogens is 562 g/mol. The summed E-state index contributed by atoms with van der Waals surface area (Å²) in [6, 6.07) is 1.95. The predicted octanol–water partition coefficient (Wildman–Crippen LogP) is 4.96. The van der Waals surface area contributed by atoms with E-state index < -0.39 is 23.3 Å². The zero-order valence-electron chi connectivity index (χ0n) is 26.8. The van der Waals surface area contributed by atoms with Crippen molar-refractivity contribution in [2.45, 2.75) is 122 Å². The largest absolute Gasteiger partial charge is 0.479 e. The van der Waals surface area contributed by atoms with Crippen molar-refractivity contribution >= 4 is 17.4 Å². The van der Waals surface area contributed by atoms with Gasteiger partial charge in [-0.05, 0) is 73.1 Å². The molecule has 12 heteroatoms. The van der Waals surface area contributed by atoms with Gasteiger partial charge >= 0.3 is 5.97 Å². The summed E-state index contributed by atoms with van der Waals surface area (Å²) in [5.41, 5.74) is 2.10. The normalized spacial score (nSPS) is 21.7. The molecule has 2 fully saturated rings. The van der Waals surface area contributed by atoms with Crippen LogP contribution in [0.5, 0.6) is 0 Å². The van der Waals surface area contributed by atoms with Crippen LogP contribution >= 0.6 is 0 Å². The van der Waals surface area contributed by atoms with E-state index in [1.807, 2.05) is 44.6 Å². The molecule has 6 bridgehead atoms. The third kappa shape index (κ3) is 6.34. The molecular formula is C32H47N7O5. The van der Waals surface area contributed by atoms with E-state index in [0.717, 1.165) is 62.8 Å². The standard InChI is InChI=1S/C32H47N7O5/c1-22-26(27(29(40)41)44-30(2,3)4)28-37-15-13-31(5,14-16-37)42-17-9-10-18-43-32(11-7-6-8-12-32)24-21-38(36-34-24)20-23-19-25(33-22)39(28)35-23/h19,21,27H,6-18,20H2,1-5H3,(H,40,41)/t27-/m0/s1. The lowest BCUT2D eigenvalue weighted by molar-refractivity contribution is -0.160. The second kappa shape index (κ2) is 12.0. The van der Waals surface area contributed by atoms with Crippen LogP contribution in [0, 0.1) is 6.92 Å². The van der Waals surface area contributed by atoms with E-state index >= 15 is 0 Å². The molecule has 0 aromatic carbocycles. The molecule has 3 aromatic heterocycles. The van der Waals surface area contributed by atoms with Crippen LogP contribution in [0.1, 0.15) is 114 Å². The van der Waals surface area contributed by atoms with Crippen LogP contribution in [0.3, 0.4) is 0 Å². The molecule has 0 radical (unpaired) electrons. The second-order valence-corrected chi connectivity index (χ2v) is 14.0. The molecule has 3 aromatic rings. The first-order valence-electron chi connectivity index (χ1n) is 16.2. The van der Waals surface area contributed by atoms with Crippen molar-refractivity contribution < 1.29 is 24.1 Å². The lowest BCUT2D eigenvalue weighted by atomic mass is 9.82. The molecule has 3 aliphatic heterocycles. The molecule has 1 N–H and O–H groups in total. The van der Waals surface area contributed by atoms with E-state index in [0.29, 0.717) is 55.6 Å². The zero-order valence-corrected chi connectivity index (χ0v) is 26.8. The van der Waals surface area contributed by atoms with Gasteiger partial charge in [-0.2, -0.15) is 9.61 Å². The molecule has 1 saturated carbocycles. The van der Waals surface area contributed by atoms with Gasteiger partial charge in [0.1, 0.15) is 17.1 Å². The van der Waals surface area contributed by atoms with Crippen LogP contribution in [0.15, 0.2) is 12.3 Å². The van der Waals surface area contributed by atoms with Crippen LogP contribution in [-0.2, 0) is 31.2 Å². The number of aromatic nitrogens is 6. The van der Waals surface area contributed by atoms with Crippen molar-refractivity contribution in [3.8, 4) is 0 Å². The Balaban J connectivity index is 1.44. The number of carboxylic acids is 1. The van der Waals surface area contributed by atoms with E-state index in [1.165, 1.54) is 6.42 Å². The Morgan fingerprint density at radius 3 is 2.43 bits per heavy atom. The summed E-state index contributed by atoms with van der Waals surface area (Å²) in [6.07, 6.45) is 9.60. The highest BCUT2D eigenvalue weighted by molar-refractivity contribution is 5.78. The van der Waals surface area contributed by atoms with E-state index in [4.69, 9.17) is 24.3 Å². The Labute approximate surface area is 259 Å². The molecule has 1 atom stereocenters. The number of nitrogens with zero attached hydrogens (tertiary/aromatic N) is 7. The molecule has 1 spiro atoms. The number of anilines is 1. The minimum absolute atomic E-state index is 0.257. The number of hydrogen-bond donors (Lipinski definition) is 1. The summed E-state index contributed by atoms with van der Waals surface area (Å²) in [6.45, 7) is 12.8.